The maximum absolute atomic E-state index is 13.0. The SMILES string of the molecule is O=C(O)CC(O)c1cc(Br)cnc1F. The second kappa shape index (κ2) is 4.47. The third-order valence-corrected chi connectivity index (χ3v) is 1.99. The van der Waals surface area contributed by atoms with E-state index < -0.39 is 24.4 Å². The molecule has 4 nitrogen and oxygen atoms in total. The molecule has 0 fully saturated rings. The molecule has 0 aliphatic rings. The number of carbonyl (C=O) groups is 1. The van der Waals surface area contributed by atoms with Gasteiger partial charge in [-0.2, -0.15) is 4.39 Å². The topological polar surface area (TPSA) is 70.4 Å². The summed E-state index contributed by atoms with van der Waals surface area (Å²) in [7, 11) is 0. The Morgan fingerprint density at radius 2 is 2.36 bits per heavy atom. The van der Waals surface area contributed by atoms with Crippen molar-refractivity contribution < 1.29 is 19.4 Å². The Morgan fingerprint density at radius 3 is 2.93 bits per heavy atom. The van der Waals surface area contributed by atoms with Gasteiger partial charge in [0.05, 0.1) is 12.5 Å². The third-order valence-electron chi connectivity index (χ3n) is 1.56. The molecule has 0 radical (unpaired) electrons. The Morgan fingerprint density at radius 1 is 1.71 bits per heavy atom. The van der Waals surface area contributed by atoms with Crippen LogP contribution in [0.3, 0.4) is 0 Å². The number of rotatable bonds is 3. The van der Waals surface area contributed by atoms with Gasteiger partial charge in [-0.15, -0.1) is 0 Å². The van der Waals surface area contributed by atoms with Gasteiger partial charge in [-0.05, 0) is 22.0 Å². The molecule has 0 aliphatic heterocycles. The van der Waals surface area contributed by atoms with Crippen LogP contribution in [0.4, 0.5) is 4.39 Å². The summed E-state index contributed by atoms with van der Waals surface area (Å²) >= 11 is 3.04. The Hall–Kier alpha value is -1.01. The lowest BCUT2D eigenvalue weighted by Gasteiger charge is -2.08. The van der Waals surface area contributed by atoms with Crippen LogP contribution in [0.5, 0.6) is 0 Å². The van der Waals surface area contributed by atoms with Gasteiger partial charge in [0.25, 0.3) is 0 Å². The minimum Gasteiger partial charge on any atom is -0.481 e. The number of nitrogens with zero attached hydrogens (tertiary/aromatic N) is 1. The first-order chi connectivity index (χ1) is 6.50. The molecule has 1 aromatic heterocycles. The lowest BCUT2D eigenvalue weighted by molar-refractivity contribution is -0.139. The molecule has 0 spiro atoms. The predicted octanol–water partition coefficient (Wildman–Crippen LogP) is 1.49. The number of aliphatic carboxylic acids is 1. The number of carboxylic acid groups (broad SMARTS) is 1. The van der Waals surface area contributed by atoms with Crippen molar-refractivity contribution in [3.63, 3.8) is 0 Å². The second-order valence-corrected chi connectivity index (χ2v) is 3.56. The van der Waals surface area contributed by atoms with Gasteiger partial charge in [0.2, 0.25) is 5.95 Å². The van der Waals surface area contributed by atoms with E-state index in [4.69, 9.17) is 5.11 Å². The minimum atomic E-state index is -1.38. The smallest absolute Gasteiger partial charge is 0.306 e. The molecule has 0 saturated carbocycles. The van der Waals surface area contributed by atoms with E-state index in [9.17, 15) is 14.3 Å². The molecular weight excluding hydrogens is 257 g/mol. The first-order valence-corrected chi connectivity index (χ1v) is 4.51. The van der Waals surface area contributed by atoms with Crippen molar-refractivity contribution in [3.05, 3.63) is 28.2 Å². The highest BCUT2D eigenvalue weighted by atomic mass is 79.9. The van der Waals surface area contributed by atoms with E-state index in [1.165, 1.54) is 12.3 Å². The molecule has 0 aliphatic carbocycles. The van der Waals surface area contributed by atoms with Crippen LogP contribution in [0.15, 0.2) is 16.7 Å². The molecular formula is C8H7BrFNO3. The van der Waals surface area contributed by atoms with E-state index in [0.29, 0.717) is 4.47 Å². The van der Waals surface area contributed by atoms with Crippen molar-refractivity contribution in [2.75, 3.05) is 0 Å². The van der Waals surface area contributed by atoms with Crippen LogP contribution in [0.1, 0.15) is 18.1 Å². The highest BCUT2D eigenvalue weighted by Gasteiger charge is 2.17. The molecule has 0 amide bonds. The molecule has 0 aromatic carbocycles. The van der Waals surface area contributed by atoms with Crippen molar-refractivity contribution in [1.29, 1.82) is 0 Å². The van der Waals surface area contributed by atoms with Gasteiger partial charge in [0.1, 0.15) is 0 Å². The van der Waals surface area contributed by atoms with E-state index in [0.717, 1.165) is 0 Å². The Bertz CT molecular complexity index is 358. The zero-order chi connectivity index (χ0) is 10.7. The van der Waals surface area contributed by atoms with E-state index in [2.05, 4.69) is 20.9 Å². The van der Waals surface area contributed by atoms with Gasteiger partial charge in [-0.25, -0.2) is 4.98 Å². The second-order valence-electron chi connectivity index (χ2n) is 2.65. The fourth-order valence-electron chi connectivity index (χ4n) is 0.947. The van der Waals surface area contributed by atoms with E-state index in [1.807, 2.05) is 0 Å². The first kappa shape index (κ1) is 11.1. The number of carboxylic acids is 1. The maximum Gasteiger partial charge on any atom is 0.306 e. The van der Waals surface area contributed by atoms with Gasteiger partial charge >= 0.3 is 5.97 Å². The quantitative estimate of drug-likeness (QED) is 0.811. The molecule has 76 valence electrons. The van der Waals surface area contributed by atoms with Crippen molar-refractivity contribution in [1.82, 2.24) is 4.98 Å². The third kappa shape index (κ3) is 2.74. The summed E-state index contributed by atoms with van der Waals surface area (Å²) in [5.74, 6) is -2.06. The van der Waals surface area contributed by atoms with Gasteiger partial charge < -0.3 is 10.2 Å². The number of aliphatic hydroxyl groups excluding tert-OH is 1. The standard InChI is InChI=1S/C8H7BrFNO3/c9-4-1-5(8(10)11-3-4)6(12)2-7(13)14/h1,3,6,12H,2H2,(H,13,14). The molecule has 1 aromatic rings. The van der Waals surface area contributed by atoms with Crippen molar-refractivity contribution in [2.45, 2.75) is 12.5 Å². The molecule has 0 saturated heterocycles. The van der Waals surface area contributed by atoms with Crippen molar-refractivity contribution in [2.24, 2.45) is 0 Å². The highest BCUT2D eigenvalue weighted by Crippen LogP contribution is 2.21. The number of hydrogen-bond donors (Lipinski definition) is 2. The van der Waals surface area contributed by atoms with Crippen LogP contribution in [-0.2, 0) is 4.79 Å². The number of aliphatic hydroxyl groups is 1. The van der Waals surface area contributed by atoms with Crippen LogP contribution in [0.25, 0.3) is 0 Å². The summed E-state index contributed by atoms with van der Waals surface area (Å²) in [5.41, 5.74) is -0.123. The average Bonchev–Trinajstić information content (AvgIpc) is 2.08. The summed E-state index contributed by atoms with van der Waals surface area (Å²) in [4.78, 5) is 13.6. The average molecular weight is 264 g/mol. The predicted molar refractivity (Wildman–Crippen MR) is 49.1 cm³/mol. The van der Waals surface area contributed by atoms with E-state index in [-0.39, 0.29) is 5.56 Å². The molecule has 1 rings (SSSR count). The highest BCUT2D eigenvalue weighted by molar-refractivity contribution is 9.10. The zero-order valence-electron chi connectivity index (χ0n) is 6.94. The van der Waals surface area contributed by atoms with E-state index in [1.54, 1.807) is 0 Å². The lowest BCUT2D eigenvalue weighted by Crippen LogP contribution is -2.08. The van der Waals surface area contributed by atoms with Crippen LogP contribution >= 0.6 is 15.9 Å². The van der Waals surface area contributed by atoms with Crippen LogP contribution in [0.2, 0.25) is 0 Å². The van der Waals surface area contributed by atoms with Crippen molar-refractivity contribution in [3.8, 4) is 0 Å². The molecule has 1 heterocycles. The Balaban J connectivity index is 2.93. The molecule has 1 atom stereocenters. The maximum atomic E-state index is 13.0. The lowest BCUT2D eigenvalue weighted by atomic mass is 10.1. The normalized spacial score (nSPS) is 12.5. The molecule has 6 heteroatoms. The van der Waals surface area contributed by atoms with Crippen LogP contribution in [0, 0.1) is 5.95 Å². The summed E-state index contributed by atoms with van der Waals surface area (Å²) in [6.45, 7) is 0. The van der Waals surface area contributed by atoms with Crippen LogP contribution < -0.4 is 0 Å². The molecule has 2 N–H and O–H groups in total. The monoisotopic (exact) mass is 263 g/mol. The fraction of sp³-hybridized carbons (Fsp3) is 0.250. The van der Waals surface area contributed by atoms with Gasteiger partial charge in [0, 0.05) is 16.2 Å². The first-order valence-electron chi connectivity index (χ1n) is 3.71. The van der Waals surface area contributed by atoms with E-state index >= 15 is 0 Å². The molecule has 1 unspecified atom stereocenters. The number of pyridine rings is 1. The number of hydrogen-bond acceptors (Lipinski definition) is 3. The van der Waals surface area contributed by atoms with Gasteiger partial charge in [0.15, 0.2) is 0 Å². The summed E-state index contributed by atoms with van der Waals surface area (Å²) in [6, 6.07) is 1.30. The van der Waals surface area contributed by atoms with Crippen LogP contribution in [-0.4, -0.2) is 21.2 Å². The fourth-order valence-corrected chi connectivity index (χ4v) is 1.30. The van der Waals surface area contributed by atoms with Gasteiger partial charge in [-0.3, -0.25) is 4.79 Å². The summed E-state index contributed by atoms with van der Waals surface area (Å²) in [6.07, 6.45) is -0.695. The van der Waals surface area contributed by atoms with Gasteiger partial charge in [-0.1, -0.05) is 0 Å². The summed E-state index contributed by atoms with van der Waals surface area (Å²) < 4.78 is 13.5. The Labute approximate surface area is 87.5 Å². The zero-order valence-corrected chi connectivity index (χ0v) is 8.53. The molecule has 0 bridgehead atoms. The van der Waals surface area contributed by atoms with Crippen molar-refractivity contribution >= 4 is 21.9 Å². The number of aromatic nitrogens is 1. The Kier molecular flexibility index (Phi) is 3.54. The minimum absolute atomic E-state index is 0.123. The summed E-state index contributed by atoms with van der Waals surface area (Å²) in [5, 5.41) is 17.7. The number of halogens is 2. The molecule has 14 heavy (non-hydrogen) atoms. The largest absolute Gasteiger partial charge is 0.481 e.